The molecule has 1 saturated heterocycles. The van der Waals surface area contributed by atoms with Gasteiger partial charge in [0.2, 0.25) is 11.9 Å². The zero-order valence-electron chi connectivity index (χ0n) is 18.2. The molecule has 32 heavy (non-hydrogen) atoms. The smallest absolute Gasteiger partial charge is 0.225 e. The van der Waals surface area contributed by atoms with E-state index >= 15 is 0 Å². The van der Waals surface area contributed by atoms with Crippen molar-refractivity contribution in [3.8, 4) is 0 Å². The Hall–Kier alpha value is -2.45. The monoisotopic (exact) mass is 458 g/mol. The van der Waals surface area contributed by atoms with Crippen LogP contribution < -0.4 is 10.6 Å². The number of nitrogens with one attached hydrogen (secondary N) is 2. The van der Waals surface area contributed by atoms with Crippen molar-refractivity contribution in [2.45, 2.75) is 63.5 Å². The summed E-state index contributed by atoms with van der Waals surface area (Å²) in [6, 6.07) is 4.68. The van der Waals surface area contributed by atoms with Crippen LogP contribution in [-0.4, -0.2) is 38.3 Å². The van der Waals surface area contributed by atoms with Crippen molar-refractivity contribution in [1.82, 2.24) is 19.5 Å². The van der Waals surface area contributed by atoms with Gasteiger partial charge in [0.05, 0.1) is 6.20 Å². The van der Waals surface area contributed by atoms with E-state index in [9.17, 15) is 4.39 Å². The molecule has 7 nitrogen and oxygen atoms in total. The van der Waals surface area contributed by atoms with E-state index in [4.69, 9.17) is 26.3 Å². The Morgan fingerprint density at radius 1 is 1.12 bits per heavy atom. The van der Waals surface area contributed by atoms with E-state index in [1.165, 1.54) is 31.4 Å². The van der Waals surface area contributed by atoms with Gasteiger partial charge in [-0.3, -0.25) is 4.57 Å². The van der Waals surface area contributed by atoms with Gasteiger partial charge in [0.1, 0.15) is 11.3 Å². The van der Waals surface area contributed by atoms with Crippen LogP contribution in [0.5, 0.6) is 0 Å². The van der Waals surface area contributed by atoms with Crippen LogP contribution in [0.15, 0.2) is 24.4 Å². The summed E-state index contributed by atoms with van der Waals surface area (Å²) in [4.78, 5) is 14.2. The van der Waals surface area contributed by atoms with Crippen LogP contribution in [0.3, 0.4) is 0 Å². The lowest BCUT2D eigenvalue weighted by atomic mass is 9.93. The van der Waals surface area contributed by atoms with Crippen LogP contribution in [0.1, 0.15) is 57.9 Å². The van der Waals surface area contributed by atoms with Crippen molar-refractivity contribution in [3.63, 3.8) is 0 Å². The molecule has 0 radical (unpaired) electrons. The lowest BCUT2D eigenvalue weighted by molar-refractivity contribution is 0.0656. The van der Waals surface area contributed by atoms with Crippen LogP contribution in [0.4, 0.5) is 22.0 Å². The van der Waals surface area contributed by atoms with Crippen molar-refractivity contribution >= 4 is 40.3 Å². The number of nitrogens with zero attached hydrogens (tertiary/aromatic N) is 4. The number of halogens is 2. The molecular formula is C23H28ClFN6O. The van der Waals surface area contributed by atoms with Gasteiger partial charge in [0, 0.05) is 35.5 Å². The maximum absolute atomic E-state index is 13.9. The first-order chi connectivity index (χ1) is 15.5. The van der Waals surface area contributed by atoms with E-state index in [0.717, 1.165) is 44.5 Å². The van der Waals surface area contributed by atoms with Gasteiger partial charge in [-0.05, 0) is 50.8 Å². The highest BCUT2D eigenvalue weighted by Gasteiger charge is 2.29. The van der Waals surface area contributed by atoms with Gasteiger partial charge in [0.15, 0.2) is 5.65 Å². The van der Waals surface area contributed by atoms with Gasteiger partial charge in [-0.1, -0.05) is 30.9 Å². The second kappa shape index (κ2) is 8.83. The number of hydrogen-bond acceptors (Lipinski definition) is 6. The summed E-state index contributed by atoms with van der Waals surface area (Å²) in [5.41, 5.74) is 1.96. The fourth-order valence-corrected chi connectivity index (χ4v) is 4.92. The summed E-state index contributed by atoms with van der Waals surface area (Å²) < 4.78 is 21.6. The number of benzene rings is 1. The number of anilines is 3. The second-order valence-corrected chi connectivity index (χ2v) is 9.52. The Morgan fingerprint density at radius 3 is 2.66 bits per heavy atom. The number of aromatic nitrogens is 4. The highest BCUT2D eigenvalue weighted by Crippen LogP contribution is 2.35. The van der Waals surface area contributed by atoms with Crippen molar-refractivity contribution in [3.05, 3.63) is 35.2 Å². The Balaban J connectivity index is 1.53. The van der Waals surface area contributed by atoms with Gasteiger partial charge in [-0.25, -0.2) is 14.4 Å². The highest BCUT2D eigenvalue weighted by molar-refractivity contribution is 6.30. The van der Waals surface area contributed by atoms with Gasteiger partial charge >= 0.3 is 0 Å². The minimum atomic E-state index is -0.392. The van der Waals surface area contributed by atoms with E-state index in [-0.39, 0.29) is 11.6 Å². The van der Waals surface area contributed by atoms with E-state index < -0.39 is 5.82 Å². The molecule has 170 valence electrons. The fourth-order valence-electron chi connectivity index (χ4n) is 4.70. The number of rotatable bonds is 5. The molecule has 0 bridgehead atoms. The number of ether oxygens (including phenoxy) is 1. The maximum Gasteiger partial charge on any atom is 0.225 e. The number of fused-ring (bicyclic) bond motifs is 1. The van der Waals surface area contributed by atoms with Crippen molar-refractivity contribution in [1.29, 1.82) is 0 Å². The van der Waals surface area contributed by atoms with Crippen LogP contribution in [0.2, 0.25) is 5.02 Å². The molecule has 1 aliphatic carbocycles. The summed E-state index contributed by atoms with van der Waals surface area (Å²) >= 11 is 6.06. The van der Waals surface area contributed by atoms with Gasteiger partial charge in [0.25, 0.3) is 0 Å². The van der Waals surface area contributed by atoms with Crippen molar-refractivity contribution < 1.29 is 9.13 Å². The Morgan fingerprint density at radius 2 is 1.91 bits per heavy atom. The molecule has 2 aromatic heterocycles. The highest BCUT2D eigenvalue weighted by atomic mass is 35.5. The van der Waals surface area contributed by atoms with E-state index in [1.54, 1.807) is 12.3 Å². The number of hydrogen-bond donors (Lipinski definition) is 2. The summed E-state index contributed by atoms with van der Waals surface area (Å²) in [5.74, 6) is 0.841. The van der Waals surface area contributed by atoms with Crippen LogP contribution in [0, 0.1) is 5.82 Å². The molecule has 9 heteroatoms. The van der Waals surface area contributed by atoms with E-state index in [0.29, 0.717) is 28.1 Å². The normalized spacial score (nSPS) is 19.2. The average Bonchev–Trinajstić information content (AvgIpc) is 3.11. The van der Waals surface area contributed by atoms with Gasteiger partial charge < -0.3 is 15.4 Å². The van der Waals surface area contributed by atoms with Gasteiger partial charge in [-0.2, -0.15) is 4.98 Å². The molecule has 2 fully saturated rings. The predicted octanol–water partition coefficient (Wildman–Crippen LogP) is 5.85. The number of imidazole rings is 1. The minimum absolute atomic E-state index is 0.0962. The molecule has 1 aromatic carbocycles. The lowest BCUT2D eigenvalue weighted by Gasteiger charge is -2.34. The summed E-state index contributed by atoms with van der Waals surface area (Å²) in [7, 11) is 0. The van der Waals surface area contributed by atoms with Crippen molar-refractivity contribution in [2.24, 2.45) is 0 Å². The van der Waals surface area contributed by atoms with E-state index in [1.807, 2.05) is 0 Å². The molecule has 1 aliphatic heterocycles. The maximum atomic E-state index is 13.9. The van der Waals surface area contributed by atoms with Crippen LogP contribution in [-0.2, 0) is 4.74 Å². The molecule has 1 saturated carbocycles. The molecule has 5 rings (SSSR count). The van der Waals surface area contributed by atoms with Gasteiger partial charge in [-0.15, -0.1) is 0 Å². The van der Waals surface area contributed by atoms with Crippen LogP contribution in [0.25, 0.3) is 11.2 Å². The quantitative estimate of drug-likeness (QED) is 0.499. The molecule has 2 N–H and O–H groups in total. The molecular weight excluding hydrogens is 431 g/mol. The Labute approximate surface area is 191 Å². The molecule has 0 spiro atoms. The standard InChI is InChI=1S/C23H28ClFN6O/c1-23(7-9-32-10-8-23)30-21-26-14-19-20(29-21)31(18-5-3-2-4-6-18)22(28-19)27-17-12-15(24)11-16(25)13-17/h11-14,18H,2-10H2,1H3,(H,27,28)(H,26,29,30). The third-order valence-corrected chi connectivity index (χ3v) is 6.72. The first-order valence-electron chi connectivity index (χ1n) is 11.3. The average molecular weight is 459 g/mol. The van der Waals surface area contributed by atoms with Crippen molar-refractivity contribution in [2.75, 3.05) is 23.8 Å². The lowest BCUT2D eigenvalue weighted by Crippen LogP contribution is -2.41. The third-order valence-electron chi connectivity index (χ3n) is 6.50. The first kappa shape index (κ1) is 21.4. The molecule has 0 unspecified atom stereocenters. The predicted molar refractivity (Wildman–Crippen MR) is 124 cm³/mol. The SMILES string of the molecule is CC1(Nc2ncc3nc(Nc4cc(F)cc(Cl)c4)n(C4CCCCC4)c3n2)CCOCC1. The molecule has 0 atom stereocenters. The molecule has 3 aromatic rings. The molecule has 3 heterocycles. The topological polar surface area (TPSA) is 76.9 Å². The summed E-state index contributed by atoms with van der Waals surface area (Å²) in [6.45, 7) is 3.65. The Kier molecular flexibility index (Phi) is 5.90. The zero-order valence-corrected chi connectivity index (χ0v) is 19.0. The summed E-state index contributed by atoms with van der Waals surface area (Å²) in [5, 5.41) is 7.13. The first-order valence-corrected chi connectivity index (χ1v) is 11.7. The molecule has 0 amide bonds. The third kappa shape index (κ3) is 4.52. The summed E-state index contributed by atoms with van der Waals surface area (Å²) in [6.07, 6.45) is 9.28. The van der Waals surface area contributed by atoms with Crippen LogP contribution >= 0.6 is 11.6 Å². The minimum Gasteiger partial charge on any atom is -0.381 e. The fraction of sp³-hybridized carbons (Fsp3) is 0.522. The molecule has 2 aliphatic rings. The second-order valence-electron chi connectivity index (χ2n) is 9.08. The zero-order chi connectivity index (χ0) is 22.1. The largest absolute Gasteiger partial charge is 0.381 e. The van der Waals surface area contributed by atoms with E-state index in [2.05, 4.69) is 27.1 Å². The Bertz CT molecular complexity index is 1090.